The van der Waals surface area contributed by atoms with Crippen molar-refractivity contribution in [2.75, 3.05) is 5.32 Å². The second kappa shape index (κ2) is 6.28. The number of aryl methyl sites for hydroxylation is 1. The molecule has 1 aromatic carbocycles. The molecule has 0 aliphatic heterocycles. The minimum Gasteiger partial charge on any atom is -0.310 e. The van der Waals surface area contributed by atoms with Crippen LogP contribution in [0.2, 0.25) is 0 Å². The largest absolute Gasteiger partial charge is 0.310 e. The SMILES string of the molecule is Cc1ccnc(NC(=O)C(C)(C)C)c1C(=O)c1ccccc1F. The summed E-state index contributed by atoms with van der Waals surface area (Å²) < 4.78 is 13.9. The Morgan fingerprint density at radius 1 is 1.13 bits per heavy atom. The Morgan fingerprint density at radius 2 is 1.78 bits per heavy atom. The van der Waals surface area contributed by atoms with Crippen LogP contribution in [0.15, 0.2) is 36.5 Å². The van der Waals surface area contributed by atoms with Gasteiger partial charge in [0.05, 0.1) is 11.1 Å². The third-order valence-corrected chi connectivity index (χ3v) is 3.42. The van der Waals surface area contributed by atoms with Gasteiger partial charge in [0.15, 0.2) is 5.78 Å². The zero-order valence-electron chi connectivity index (χ0n) is 13.6. The number of aromatic nitrogens is 1. The van der Waals surface area contributed by atoms with Gasteiger partial charge in [0.25, 0.3) is 0 Å². The molecular weight excluding hydrogens is 295 g/mol. The number of carbonyl (C=O) groups excluding carboxylic acids is 2. The predicted octanol–water partition coefficient (Wildman–Crippen LogP) is 3.74. The first-order valence-corrected chi connectivity index (χ1v) is 7.28. The standard InChI is InChI=1S/C18H19FN2O2/c1-11-9-10-20-16(21-17(23)18(2,3)4)14(11)15(22)12-7-5-6-8-13(12)19/h5-10H,1-4H3,(H,20,21,23). The van der Waals surface area contributed by atoms with Crippen LogP contribution >= 0.6 is 0 Å². The Hall–Kier alpha value is -2.56. The molecule has 1 aromatic heterocycles. The number of halogens is 1. The van der Waals surface area contributed by atoms with Crippen molar-refractivity contribution >= 4 is 17.5 Å². The van der Waals surface area contributed by atoms with Crippen molar-refractivity contribution in [2.45, 2.75) is 27.7 Å². The zero-order valence-corrected chi connectivity index (χ0v) is 13.6. The minimum absolute atomic E-state index is 0.0464. The molecule has 1 N–H and O–H groups in total. The molecule has 1 heterocycles. The first-order chi connectivity index (χ1) is 10.7. The zero-order chi connectivity index (χ0) is 17.2. The molecule has 0 aliphatic rings. The first-order valence-electron chi connectivity index (χ1n) is 7.28. The molecule has 0 spiro atoms. The predicted molar refractivity (Wildman–Crippen MR) is 86.9 cm³/mol. The number of ketones is 1. The fourth-order valence-corrected chi connectivity index (χ4v) is 2.01. The van der Waals surface area contributed by atoms with E-state index in [1.807, 2.05) is 0 Å². The van der Waals surface area contributed by atoms with Gasteiger partial charge in [0.1, 0.15) is 11.6 Å². The molecule has 0 unspecified atom stereocenters. The second-order valence-electron chi connectivity index (χ2n) is 6.36. The number of hydrogen-bond acceptors (Lipinski definition) is 3. The van der Waals surface area contributed by atoms with Crippen LogP contribution in [0.25, 0.3) is 0 Å². The van der Waals surface area contributed by atoms with E-state index in [1.54, 1.807) is 39.8 Å². The lowest BCUT2D eigenvalue weighted by atomic mass is 9.95. The van der Waals surface area contributed by atoms with Gasteiger partial charge in [-0.2, -0.15) is 0 Å². The van der Waals surface area contributed by atoms with Gasteiger partial charge >= 0.3 is 0 Å². The summed E-state index contributed by atoms with van der Waals surface area (Å²) in [7, 11) is 0. The topological polar surface area (TPSA) is 59.1 Å². The maximum Gasteiger partial charge on any atom is 0.230 e. The van der Waals surface area contributed by atoms with E-state index in [4.69, 9.17) is 0 Å². The molecule has 5 heteroatoms. The third-order valence-electron chi connectivity index (χ3n) is 3.42. The van der Waals surface area contributed by atoms with E-state index in [9.17, 15) is 14.0 Å². The van der Waals surface area contributed by atoms with Crippen LogP contribution in [0.3, 0.4) is 0 Å². The summed E-state index contributed by atoms with van der Waals surface area (Å²) in [5.41, 5.74) is 0.145. The quantitative estimate of drug-likeness (QED) is 0.878. The van der Waals surface area contributed by atoms with Crippen molar-refractivity contribution in [3.8, 4) is 0 Å². The molecule has 0 saturated carbocycles. The number of benzene rings is 1. The maximum atomic E-state index is 13.9. The van der Waals surface area contributed by atoms with Crippen LogP contribution in [0.4, 0.5) is 10.2 Å². The van der Waals surface area contributed by atoms with Crippen molar-refractivity contribution in [1.29, 1.82) is 0 Å². The highest BCUT2D eigenvalue weighted by molar-refractivity contribution is 6.14. The Kier molecular flexibility index (Phi) is 4.59. The van der Waals surface area contributed by atoms with Gasteiger partial charge in [0, 0.05) is 11.6 Å². The first kappa shape index (κ1) is 16.8. The van der Waals surface area contributed by atoms with Crippen molar-refractivity contribution in [1.82, 2.24) is 4.98 Å². The molecule has 120 valence electrons. The molecule has 4 nitrogen and oxygen atoms in total. The van der Waals surface area contributed by atoms with Gasteiger partial charge in [-0.3, -0.25) is 9.59 Å². The van der Waals surface area contributed by atoms with Gasteiger partial charge in [-0.1, -0.05) is 32.9 Å². The summed E-state index contributed by atoms with van der Waals surface area (Å²) in [6.07, 6.45) is 1.51. The molecule has 0 atom stereocenters. The van der Waals surface area contributed by atoms with Gasteiger partial charge in [0.2, 0.25) is 5.91 Å². The number of hydrogen-bond donors (Lipinski definition) is 1. The lowest BCUT2D eigenvalue weighted by molar-refractivity contribution is -0.123. The van der Waals surface area contributed by atoms with Crippen LogP contribution in [-0.4, -0.2) is 16.7 Å². The monoisotopic (exact) mass is 314 g/mol. The van der Waals surface area contributed by atoms with Crippen LogP contribution in [0.5, 0.6) is 0 Å². The van der Waals surface area contributed by atoms with Crippen LogP contribution in [0, 0.1) is 18.2 Å². The van der Waals surface area contributed by atoms with E-state index in [0.29, 0.717) is 5.56 Å². The molecule has 0 radical (unpaired) electrons. The molecule has 2 aromatic rings. The van der Waals surface area contributed by atoms with E-state index in [2.05, 4.69) is 10.3 Å². The summed E-state index contributed by atoms with van der Waals surface area (Å²) >= 11 is 0. The lowest BCUT2D eigenvalue weighted by Gasteiger charge is -2.19. The molecule has 0 bridgehead atoms. The molecular formula is C18H19FN2O2. The van der Waals surface area contributed by atoms with E-state index in [1.165, 1.54) is 24.4 Å². The Balaban J connectivity index is 2.49. The molecule has 0 saturated heterocycles. The molecule has 2 rings (SSSR count). The van der Waals surface area contributed by atoms with Gasteiger partial charge < -0.3 is 5.32 Å². The summed E-state index contributed by atoms with van der Waals surface area (Å²) in [6, 6.07) is 7.41. The maximum absolute atomic E-state index is 13.9. The highest BCUT2D eigenvalue weighted by atomic mass is 19.1. The van der Waals surface area contributed by atoms with Crippen molar-refractivity contribution < 1.29 is 14.0 Å². The number of anilines is 1. The Morgan fingerprint density at radius 3 is 2.39 bits per heavy atom. The minimum atomic E-state index is -0.635. The Labute approximate surface area is 134 Å². The molecule has 23 heavy (non-hydrogen) atoms. The van der Waals surface area contributed by atoms with Crippen LogP contribution in [0.1, 0.15) is 42.3 Å². The summed E-state index contributed by atoms with van der Waals surface area (Å²) in [4.78, 5) is 29.0. The number of pyridine rings is 1. The number of rotatable bonds is 3. The van der Waals surface area contributed by atoms with Crippen LogP contribution in [-0.2, 0) is 4.79 Å². The fraction of sp³-hybridized carbons (Fsp3) is 0.278. The normalized spacial score (nSPS) is 11.2. The number of amides is 1. The van der Waals surface area contributed by atoms with Crippen molar-refractivity contribution in [2.24, 2.45) is 5.41 Å². The summed E-state index contributed by atoms with van der Waals surface area (Å²) in [6.45, 7) is 7.01. The number of nitrogens with zero attached hydrogens (tertiary/aromatic N) is 1. The smallest absolute Gasteiger partial charge is 0.230 e. The van der Waals surface area contributed by atoms with Gasteiger partial charge in [-0.15, -0.1) is 0 Å². The summed E-state index contributed by atoms with van der Waals surface area (Å²) in [5, 5.41) is 2.67. The van der Waals surface area contributed by atoms with E-state index < -0.39 is 17.0 Å². The van der Waals surface area contributed by atoms with Gasteiger partial charge in [-0.05, 0) is 30.7 Å². The highest BCUT2D eigenvalue weighted by Crippen LogP contribution is 2.24. The average molecular weight is 314 g/mol. The third kappa shape index (κ3) is 3.62. The highest BCUT2D eigenvalue weighted by Gasteiger charge is 2.25. The van der Waals surface area contributed by atoms with Crippen molar-refractivity contribution in [3.63, 3.8) is 0 Å². The molecule has 1 amide bonds. The van der Waals surface area contributed by atoms with Gasteiger partial charge in [-0.25, -0.2) is 9.37 Å². The van der Waals surface area contributed by atoms with Crippen LogP contribution < -0.4 is 5.32 Å². The average Bonchev–Trinajstić information content (AvgIpc) is 2.46. The summed E-state index contributed by atoms with van der Waals surface area (Å²) in [5.74, 6) is -1.22. The van der Waals surface area contributed by atoms with E-state index >= 15 is 0 Å². The Bertz CT molecular complexity index is 764. The lowest BCUT2D eigenvalue weighted by Crippen LogP contribution is -2.29. The van der Waals surface area contributed by atoms with Crippen molar-refractivity contribution in [3.05, 3.63) is 59.0 Å². The fourth-order valence-electron chi connectivity index (χ4n) is 2.01. The molecule has 0 aliphatic carbocycles. The molecule has 0 fully saturated rings. The number of nitrogens with one attached hydrogen (secondary N) is 1. The van der Waals surface area contributed by atoms with E-state index in [-0.39, 0.29) is 22.9 Å². The second-order valence-corrected chi connectivity index (χ2v) is 6.36. The number of carbonyl (C=O) groups is 2. The van der Waals surface area contributed by atoms with E-state index in [0.717, 1.165) is 0 Å².